The molecule has 122 valence electrons. The number of nitrogens with one attached hydrogen (secondary N) is 1. The number of hydrogen-bond acceptors (Lipinski definition) is 3. The van der Waals surface area contributed by atoms with E-state index in [4.69, 9.17) is 0 Å². The molecule has 0 bridgehead atoms. The van der Waals surface area contributed by atoms with Crippen molar-refractivity contribution in [3.63, 3.8) is 0 Å². The molecule has 0 atom stereocenters. The molecule has 2 aromatic carbocycles. The quantitative estimate of drug-likeness (QED) is 0.684. The van der Waals surface area contributed by atoms with Crippen molar-refractivity contribution in [2.45, 2.75) is 18.0 Å². The second-order valence-electron chi connectivity index (χ2n) is 4.79. The lowest BCUT2D eigenvalue weighted by molar-refractivity contribution is -0.137. The van der Waals surface area contributed by atoms with Crippen molar-refractivity contribution in [2.75, 3.05) is 0 Å². The van der Waals surface area contributed by atoms with Gasteiger partial charge in [-0.25, -0.2) is 4.83 Å². The van der Waals surface area contributed by atoms with Gasteiger partial charge in [-0.1, -0.05) is 29.8 Å². The third-order valence-electron chi connectivity index (χ3n) is 2.93. The number of rotatable bonds is 4. The van der Waals surface area contributed by atoms with Crippen molar-refractivity contribution in [1.29, 1.82) is 0 Å². The van der Waals surface area contributed by atoms with Crippen LogP contribution in [0.3, 0.4) is 0 Å². The van der Waals surface area contributed by atoms with E-state index in [0.717, 1.165) is 23.9 Å². The van der Waals surface area contributed by atoms with Gasteiger partial charge >= 0.3 is 6.18 Å². The van der Waals surface area contributed by atoms with E-state index in [1.807, 2.05) is 11.8 Å². The van der Waals surface area contributed by atoms with Crippen LogP contribution in [0.5, 0.6) is 0 Å². The summed E-state index contributed by atoms with van der Waals surface area (Å²) in [7, 11) is -3.86. The molecular formula is C15H13F3N2O2S. The Morgan fingerprint density at radius 1 is 1.09 bits per heavy atom. The molecule has 0 spiro atoms. The second-order valence-corrected chi connectivity index (χ2v) is 6.45. The largest absolute Gasteiger partial charge is 0.416 e. The lowest BCUT2D eigenvalue weighted by Crippen LogP contribution is -2.18. The van der Waals surface area contributed by atoms with Gasteiger partial charge in [0.25, 0.3) is 10.0 Å². The monoisotopic (exact) mass is 342 g/mol. The maximum Gasteiger partial charge on any atom is 0.416 e. The van der Waals surface area contributed by atoms with Crippen LogP contribution >= 0.6 is 0 Å². The lowest BCUT2D eigenvalue weighted by atomic mass is 10.1. The highest BCUT2D eigenvalue weighted by atomic mass is 32.2. The van der Waals surface area contributed by atoms with Gasteiger partial charge < -0.3 is 0 Å². The minimum Gasteiger partial charge on any atom is -0.200 e. The molecule has 0 fully saturated rings. The van der Waals surface area contributed by atoms with E-state index in [2.05, 4.69) is 5.10 Å². The third kappa shape index (κ3) is 4.56. The number of benzene rings is 2. The first-order valence-electron chi connectivity index (χ1n) is 6.47. The first-order chi connectivity index (χ1) is 10.7. The van der Waals surface area contributed by atoms with Gasteiger partial charge in [-0.3, -0.25) is 0 Å². The Hall–Kier alpha value is -2.35. The summed E-state index contributed by atoms with van der Waals surface area (Å²) in [5.74, 6) is 0. The standard InChI is InChI=1S/C15H13F3N2O2S/c1-11-5-7-14(8-6-11)23(21,22)20-19-10-12-3-2-4-13(9-12)15(16,17)18/h2-10,20H,1H3/b19-10+. The zero-order valence-electron chi connectivity index (χ0n) is 12.0. The Balaban J connectivity index is 2.14. The van der Waals surface area contributed by atoms with E-state index in [9.17, 15) is 21.6 Å². The molecule has 0 unspecified atom stereocenters. The summed E-state index contributed by atoms with van der Waals surface area (Å²) in [6, 6.07) is 10.5. The summed E-state index contributed by atoms with van der Waals surface area (Å²) < 4.78 is 61.6. The van der Waals surface area contributed by atoms with E-state index < -0.39 is 21.8 Å². The molecule has 1 N–H and O–H groups in total. The van der Waals surface area contributed by atoms with Crippen LogP contribution in [0, 0.1) is 6.92 Å². The van der Waals surface area contributed by atoms with E-state index in [1.54, 1.807) is 12.1 Å². The van der Waals surface area contributed by atoms with Crippen LogP contribution in [0.4, 0.5) is 13.2 Å². The van der Waals surface area contributed by atoms with Crippen molar-refractivity contribution < 1.29 is 21.6 Å². The predicted molar refractivity (Wildman–Crippen MR) is 80.5 cm³/mol. The first kappa shape index (κ1) is 17.0. The van der Waals surface area contributed by atoms with Crippen molar-refractivity contribution in [3.8, 4) is 0 Å². The molecule has 0 aliphatic rings. The van der Waals surface area contributed by atoms with Crippen molar-refractivity contribution >= 4 is 16.2 Å². The Labute approximate surface area is 131 Å². The maximum absolute atomic E-state index is 12.6. The van der Waals surface area contributed by atoms with Crippen LogP contribution in [0.2, 0.25) is 0 Å². The second kappa shape index (κ2) is 6.41. The summed E-state index contributed by atoms with van der Waals surface area (Å²) in [4.78, 5) is 1.98. The topological polar surface area (TPSA) is 58.5 Å². The third-order valence-corrected chi connectivity index (χ3v) is 4.17. The molecule has 0 aliphatic heterocycles. The van der Waals surface area contributed by atoms with Gasteiger partial charge in [0.2, 0.25) is 0 Å². The van der Waals surface area contributed by atoms with E-state index in [0.29, 0.717) is 0 Å². The Bertz CT molecular complexity index is 813. The molecule has 4 nitrogen and oxygen atoms in total. The Kier molecular flexibility index (Phi) is 4.74. The minimum absolute atomic E-state index is 0.0179. The molecule has 0 radical (unpaired) electrons. The molecular weight excluding hydrogens is 329 g/mol. The minimum atomic E-state index is -4.47. The van der Waals surface area contributed by atoms with Gasteiger partial charge in [0, 0.05) is 0 Å². The Morgan fingerprint density at radius 2 is 1.74 bits per heavy atom. The summed E-state index contributed by atoms with van der Waals surface area (Å²) >= 11 is 0. The molecule has 0 heterocycles. The van der Waals surface area contributed by atoms with Crippen LogP contribution < -0.4 is 4.83 Å². The van der Waals surface area contributed by atoms with Gasteiger partial charge in [-0.05, 0) is 36.8 Å². The average Bonchev–Trinajstić information content (AvgIpc) is 2.47. The molecule has 0 amide bonds. The van der Waals surface area contributed by atoms with Crippen LogP contribution in [0.1, 0.15) is 16.7 Å². The number of hydrogen-bond donors (Lipinski definition) is 1. The SMILES string of the molecule is Cc1ccc(S(=O)(=O)N/N=C/c2cccc(C(F)(F)F)c2)cc1. The highest BCUT2D eigenvalue weighted by molar-refractivity contribution is 7.89. The highest BCUT2D eigenvalue weighted by Crippen LogP contribution is 2.29. The number of hydrazone groups is 1. The zero-order chi connectivity index (χ0) is 17.1. The first-order valence-corrected chi connectivity index (χ1v) is 7.95. The number of sulfonamides is 1. The van der Waals surface area contributed by atoms with Crippen molar-refractivity contribution in [1.82, 2.24) is 4.83 Å². The number of alkyl halides is 3. The number of nitrogens with zero attached hydrogens (tertiary/aromatic N) is 1. The smallest absolute Gasteiger partial charge is 0.200 e. The Morgan fingerprint density at radius 3 is 2.35 bits per heavy atom. The molecule has 0 aromatic heterocycles. The summed E-state index contributed by atoms with van der Waals surface area (Å²) in [5.41, 5.74) is 0.200. The van der Waals surface area contributed by atoms with Crippen molar-refractivity contribution in [2.24, 2.45) is 5.10 Å². The zero-order valence-corrected chi connectivity index (χ0v) is 12.8. The summed E-state index contributed by atoms with van der Waals surface area (Å²) in [6.07, 6.45) is -3.45. The molecule has 8 heteroatoms. The molecule has 2 rings (SSSR count). The number of aryl methyl sites for hydroxylation is 1. The van der Waals surface area contributed by atoms with E-state index in [-0.39, 0.29) is 10.5 Å². The number of halogens is 3. The van der Waals surface area contributed by atoms with E-state index in [1.165, 1.54) is 24.3 Å². The van der Waals surface area contributed by atoms with Crippen LogP contribution in [-0.2, 0) is 16.2 Å². The normalized spacial score (nSPS) is 12.5. The van der Waals surface area contributed by atoms with Gasteiger partial charge in [0.1, 0.15) is 0 Å². The van der Waals surface area contributed by atoms with Crippen LogP contribution in [0.15, 0.2) is 58.5 Å². The summed E-state index contributed by atoms with van der Waals surface area (Å²) in [5, 5.41) is 3.50. The molecule has 0 saturated heterocycles. The van der Waals surface area contributed by atoms with Gasteiger partial charge in [-0.15, -0.1) is 0 Å². The van der Waals surface area contributed by atoms with Crippen molar-refractivity contribution in [3.05, 3.63) is 65.2 Å². The molecule has 0 saturated carbocycles. The van der Waals surface area contributed by atoms with Crippen LogP contribution in [0.25, 0.3) is 0 Å². The molecule has 2 aromatic rings. The lowest BCUT2D eigenvalue weighted by Gasteiger charge is -2.06. The fourth-order valence-corrected chi connectivity index (χ4v) is 2.53. The highest BCUT2D eigenvalue weighted by Gasteiger charge is 2.30. The fraction of sp³-hybridized carbons (Fsp3) is 0.133. The maximum atomic E-state index is 12.6. The fourth-order valence-electron chi connectivity index (χ4n) is 1.74. The predicted octanol–water partition coefficient (Wildman–Crippen LogP) is 3.33. The molecule has 23 heavy (non-hydrogen) atoms. The van der Waals surface area contributed by atoms with Gasteiger partial charge in [-0.2, -0.15) is 26.7 Å². The van der Waals surface area contributed by atoms with Crippen LogP contribution in [-0.4, -0.2) is 14.6 Å². The van der Waals surface area contributed by atoms with E-state index >= 15 is 0 Å². The van der Waals surface area contributed by atoms with Gasteiger partial charge in [0.15, 0.2) is 0 Å². The summed E-state index contributed by atoms with van der Waals surface area (Å²) in [6.45, 7) is 1.82. The average molecular weight is 342 g/mol. The molecule has 0 aliphatic carbocycles. The van der Waals surface area contributed by atoms with Gasteiger partial charge in [0.05, 0.1) is 16.7 Å².